The van der Waals surface area contributed by atoms with Gasteiger partial charge in [-0.2, -0.15) is 0 Å². The number of nitrogens with zero attached hydrogens (tertiary/aromatic N) is 2. The normalized spacial score (nSPS) is 14.6. The predicted molar refractivity (Wildman–Crippen MR) is 122 cm³/mol. The number of amides is 1. The number of quaternary nitrogens is 1. The van der Waals surface area contributed by atoms with Crippen molar-refractivity contribution in [2.24, 2.45) is 7.05 Å². The summed E-state index contributed by atoms with van der Waals surface area (Å²) in [6.45, 7) is 5.43. The van der Waals surface area contributed by atoms with Crippen LogP contribution in [0.15, 0.2) is 42.5 Å². The molecule has 0 radical (unpaired) electrons. The lowest BCUT2D eigenvalue weighted by atomic mass is 10.1. The van der Waals surface area contributed by atoms with Crippen molar-refractivity contribution >= 4 is 34.2 Å². The topological polar surface area (TPSA) is 68.0 Å². The van der Waals surface area contributed by atoms with Crippen LogP contribution in [0.3, 0.4) is 0 Å². The zero-order valence-corrected chi connectivity index (χ0v) is 18.6. The van der Waals surface area contributed by atoms with Gasteiger partial charge in [0.05, 0.1) is 44.5 Å². The van der Waals surface area contributed by atoms with E-state index in [4.69, 9.17) is 4.74 Å². The number of halogens is 1. The summed E-state index contributed by atoms with van der Waals surface area (Å²) in [5.41, 5.74) is 3.66. The van der Waals surface area contributed by atoms with Gasteiger partial charge in [-0.1, -0.05) is 12.1 Å². The lowest BCUT2D eigenvalue weighted by molar-refractivity contribution is -0.892. The number of hydrogen-bond donors (Lipinski definition) is 2. The number of ether oxygens (including phenoxy) is 1. The van der Waals surface area contributed by atoms with Gasteiger partial charge in [0.25, 0.3) is 5.91 Å². The highest BCUT2D eigenvalue weighted by Gasteiger charge is 2.27. The Kier molecular flexibility index (Phi) is 6.14. The molecule has 0 unspecified atom stereocenters. The number of methoxy groups -OCH3 is 1. The van der Waals surface area contributed by atoms with Gasteiger partial charge in [-0.3, -0.25) is 4.79 Å². The van der Waals surface area contributed by atoms with E-state index in [1.165, 1.54) is 19.2 Å². The van der Waals surface area contributed by atoms with Crippen LogP contribution in [-0.4, -0.2) is 56.3 Å². The van der Waals surface area contributed by atoms with Crippen molar-refractivity contribution in [3.63, 3.8) is 0 Å². The molecule has 4 rings (SSSR count). The summed E-state index contributed by atoms with van der Waals surface area (Å²) in [6.07, 6.45) is 0. The van der Waals surface area contributed by atoms with Crippen LogP contribution in [0.25, 0.3) is 10.9 Å². The van der Waals surface area contributed by atoms with Gasteiger partial charge >= 0.3 is 5.97 Å². The third-order valence-corrected chi connectivity index (χ3v) is 6.15. The van der Waals surface area contributed by atoms with Crippen molar-refractivity contribution in [2.75, 3.05) is 50.1 Å². The third-order valence-electron chi connectivity index (χ3n) is 6.15. The second kappa shape index (κ2) is 9.00. The number of piperazine rings is 1. The molecule has 1 aliphatic rings. The van der Waals surface area contributed by atoms with E-state index >= 15 is 0 Å². The van der Waals surface area contributed by atoms with E-state index in [9.17, 15) is 14.0 Å². The number of nitrogens with one attached hydrogen (secondary N) is 2. The van der Waals surface area contributed by atoms with E-state index in [0.29, 0.717) is 17.9 Å². The Bertz CT molecular complexity index is 1150. The van der Waals surface area contributed by atoms with Gasteiger partial charge in [-0.25, -0.2) is 9.18 Å². The van der Waals surface area contributed by atoms with Crippen LogP contribution in [0.4, 0.5) is 15.8 Å². The molecule has 1 saturated heterocycles. The maximum Gasteiger partial charge on any atom is 0.356 e. The van der Waals surface area contributed by atoms with Crippen LogP contribution in [0.2, 0.25) is 0 Å². The molecule has 1 aliphatic heterocycles. The first-order chi connectivity index (χ1) is 15.4. The van der Waals surface area contributed by atoms with Crippen molar-refractivity contribution in [3.8, 4) is 0 Å². The number of hydrogen-bond acceptors (Lipinski definition) is 4. The van der Waals surface area contributed by atoms with Crippen molar-refractivity contribution in [2.45, 2.75) is 6.92 Å². The fourth-order valence-corrected chi connectivity index (χ4v) is 4.44. The summed E-state index contributed by atoms with van der Waals surface area (Å²) in [7, 11) is 3.13. The minimum Gasteiger partial charge on any atom is -0.464 e. The third kappa shape index (κ3) is 4.18. The van der Waals surface area contributed by atoms with Crippen LogP contribution in [0.5, 0.6) is 0 Å². The van der Waals surface area contributed by atoms with Gasteiger partial charge in [-0.05, 0) is 42.8 Å². The largest absolute Gasteiger partial charge is 0.464 e. The van der Waals surface area contributed by atoms with Crippen LogP contribution < -0.4 is 15.1 Å². The van der Waals surface area contributed by atoms with E-state index in [2.05, 4.69) is 10.2 Å². The fourth-order valence-electron chi connectivity index (χ4n) is 4.44. The Morgan fingerprint density at radius 2 is 1.81 bits per heavy atom. The van der Waals surface area contributed by atoms with Crippen LogP contribution >= 0.6 is 0 Å². The monoisotopic (exact) mass is 439 g/mol. The van der Waals surface area contributed by atoms with Crippen molar-refractivity contribution in [3.05, 3.63) is 59.5 Å². The number of benzene rings is 2. The zero-order chi connectivity index (χ0) is 22.8. The maximum atomic E-state index is 13.2. The van der Waals surface area contributed by atoms with Gasteiger partial charge in [-0.15, -0.1) is 0 Å². The van der Waals surface area contributed by atoms with Crippen molar-refractivity contribution in [1.82, 2.24) is 4.57 Å². The highest BCUT2D eigenvalue weighted by Crippen LogP contribution is 2.33. The number of rotatable bonds is 5. The number of carbonyl (C=O) groups is 2. The quantitative estimate of drug-likeness (QED) is 0.595. The summed E-state index contributed by atoms with van der Waals surface area (Å²) in [5.74, 6) is -0.875. The first kappa shape index (κ1) is 21.8. The van der Waals surface area contributed by atoms with E-state index in [0.717, 1.165) is 53.2 Å². The molecule has 32 heavy (non-hydrogen) atoms. The second-order valence-corrected chi connectivity index (χ2v) is 8.18. The molecule has 2 heterocycles. The van der Waals surface area contributed by atoms with Gasteiger partial charge in [0.15, 0.2) is 12.2 Å². The minimum atomic E-state index is -0.487. The molecule has 0 bridgehead atoms. The summed E-state index contributed by atoms with van der Waals surface area (Å²) in [5, 5.41) is 3.84. The molecule has 8 heteroatoms. The van der Waals surface area contributed by atoms with Crippen LogP contribution in [0, 0.1) is 12.7 Å². The lowest BCUT2D eigenvalue weighted by Crippen LogP contribution is -3.15. The number of anilines is 2. The molecule has 0 atom stereocenters. The Morgan fingerprint density at radius 3 is 2.47 bits per heavy atom. The summed E-state index contributed by atoms with van der Waals surface area (Å²) >= 11 is 0. The second-order valence-electron chi connectivity index (χ2n) is 8.18. The molecule has 0 spiro atoms. The Balaban J connectivity index is 1.47. The average Bonchev–Trinajstić information content (AvgIpc) is 3.07. The average molecular weight is 440 g/mol. The number of carbonyl (C=O) groups excluding carboxylic acids is 2. The molecule has 168 valence electrons. The predicted octanol–water partition coefficient (Wildman–Crippen LogP) is 1.76. The highest BCUT2D eigenvalue weighted by atomic mass is 19.1. The van der Waals surface area contributed by atoms with Gasteiger partial charge in [0, 0.05) is 18.1 Å². The number of aromatic nitrogens is 1. The van der Waals surface area contributed by atoms with Crippen molar-refractivity contribution < 1.29 is 23.6 Å². The molecule has 2 N–H and O–H groups in total. The van der Waals surface area contributed by atoms with E-state index < -0.39 is 5.97 Å². The first-order valence-corrected chi connectivity index (χ1v) is 10.7. The van der Waals surface area contributed by atoms with Gasteiger partial charge in [0.2, 0.25) is 0 Å². The molecular formula is C24H28FN4O3+. The molecule has 1 aromatic heterocycles. The Hall–Kier alpha value is -3.39. The Labute approximate surface area is 186 Å². The van der Waals surface area contributed by atoms with E-state index in [1.54, 1.807) is 23.7 Å². The number of esters is 1. The van der Waals surface area contributed by atoms with Crippen molar-refractivity contribution in [1.29, 1.82) is 0 Å². The van der Waals surface area contributed by atoms with E-state index in [-0.39, 0.29) is 11.7 Å². The number of aryl methyl sites for hydroxylation is 2. The maximum absolute atomic E-state index is 13.2. The van der Waals surface area contributed by atoms with Crippen LogP contribution in [0.1, 0.15) is 16.1 Å². The summed E-state index contributed by atoms with van der Waals surface area (Å²) < 4.78 is 19.9. The number of fused-ring (bicyclic) bond motifs is 1. The molecule has 3 aromatic rings. The molecule has 1 fully saturated rings. The summed E-state index contributed by atoms with van der Waals surface area (Å²) in [4.78, 5) is 28.8. The summed E-state index contributed by atoms with van der Waals surface area (Å²) in [6, 6.07) is 12.3. The minimum absolute atomic E-state index is 0.142. The molecule has 2 aromatic carbocycles. The molecule has 0 aliphatic carbocycles. The zero-order valence-electron chi connectivity index (χ0n) is 18.6. The SMILES string of the molecule is COC(=O)c1c(NC(=O)C[NH+]2CCN(c3ccc(F)cc3)CC2)c2c(C)cccc2n1C. The molecule has 1 amide bonds. The highest BCUT2D eigenvalue weighted by molar-refractivity contribution is 6.12. The first-order valence-electron chi connectivity index (χ1n) is 10.7. The van der Waals surface area contributed by atoms with Crippen LogP contribution in [-0.2, 0) is 16.6 Å². The molecular weight excluding hydrogens is 411 g/mol. The fraction of sp³-hybridized carbons (Fsp3) is 0.333. The lowest BCUT2D eigenvalue weighted by Gasteiger charge is -2.33. The molecule has 0 saturated carbocycles. The molecule has 7 nitrogen and oxygen atoms in total. The Morgan fingerprint density at radius 1 is 1.12 bits per heavy atom. The smallest absolute Gasteiger partial charge is 0.356 e. The standard InChI is InChI=1S/C24H27FN4O3/c1-16-5-4-6-19-21(16)22(23(27(19)2)24(31)32-3)26-20(30)15-28-11-13-29(14-12-28)18-9-7-17(25)8-10-18/h4-10H,11-15H2,1-3H3,(H,26,30)/p+1. The van der Waals surface area contributed by atoms with Gasteiger partial charge in [0.1, 0.15) is 5.82 Å². The van der Waals surface area contributed by atoms with E-state index in [1.807, 2.05) is 25.1 Å². The van der Waals surface area contributed by atoms with Gasteiger partial charge < -0.3 is 24.4 Å².